The highest BCUT2D eigenvalue weighted by Gasteiger charge is 2.14. The number of imide groups is 1. The second-order valence-electron chi connectivity index (χ2n) is 3.58. The lowest BCUT2D eigenvalue weighted by atomic mass is 10.2. The van der Waals surface area contributed by atoms with Crippen molar-refractivity contribution in [2.75, 3.05) is 13.2 Å². The molecule has 0 spiro atoms. The molecule has 0 unspecified atom stereocenters. The predicted octanol–water partition coefficient (Wildman–Crippen LogP) is 1.23. The van der Waals surface area contributed by atoms with E-state index >= 15 is 0 Å². The first-order valence-corrected chi connectivity index (χ1v) is 6.40. The highest BCUT2D eigenvalue weighted by atomic mass is 79.9. The van der Waals surface area contributed by atoms with Crippen LogP contribution in [0.5, 0.6) is 11.5 Å². The number of aldehydes is 1. The Morgan fingerprint density at radius 1 is 1.40 bits per heavy atom. The van der Waals surface area contributed by atoms with E-state index in [9.17, 15) is 14.4 Å². The molecular weight excluding hydrogens is 332 g/mol. The number of ether oxygens (including phenoxy) is 2. The van der Waals surface area contributed by atoms with E-state index in [1.807, 2.05) is 5.32 Å². The molecule has 7 nitrogen and oxygen atoms in total. The van der Waals surface area contributed by atoms with Gasteiger partial charge >= 0.3 is 6.03 Å². The van der Waals surface area contributed by atoms with Gasteiger partial charge in [-0.3, -0.25) is 14.9 Å². The Morgan fingerprint density at radius 3 is 2.65 bits per heavy atom. The van der Waals surface area contributed by atoms with Crippen LogP contribution in [0.1, 0.15) is 17.3 Å². The van der Waals surface area contributed by atoms with Crippen LogP contribution in [0.3, 0.4) is 0 Å². The summed E-state index contributed by atoms with van der Waals surface area (Å²) < 4.78 is 11.1. The third kappa shape index (κ3) is 4.54. The number of carbonyl (C=O) groups excluding carboxylic acids is 3. The molecule has 0 saturated heterocycles. The van der Waals surface area contributed by atoms with Gasteiger partial charge in [-0.1, -0.05) is 0 Å². The van der Waals surface area contributed by atoms with Gasteiger partial charge in [-0.2, -0.15) is 0 Å². The molecule has 20 heavy (non-hydrogen) atoms. The fourth-order valence-corrected chi connectivity index (χ4v) is 1.94. The second-order valence-corrected chi connectivity index (χ2v) is 4.44. The van der Waals surface area contributed by atoms with Gasteiger partial charge in [0.25, 0.3) is 5.91 Å². The summed E-state index contributed by atoms with van der Waals surface area (Å²) in [4.78, 5) is 32.6. The van der Waals surface area contributed by atoms with Crippen LogP contribution in [0.25, 0.3) is 0 Å². The SMILES string of the molecule is CCOc1cc(C=O)cc(Br)c1OCC(=O)NC(N)=O. The molecule has 108 valence electrons. The van der Waals surface area contributed by atoms with Crippen molar-refractivity contribution in [2.24, 2.45) is 5.73 Å². The first-order chi connectivity index (χ1) is 9.47. The molecule has 0 aliphatic rings. The first-order valence-electron chi connectivity index (χ1n) is 5.61. The Balaban J connectivity index is 2.90. The van der Waals surface area contributed by atoms with Gasteiger partial charge in [0.15, 0.2) is 18.1 Å². The standard InChI is InChI=1S/C12H13BrN2O5/c1-2-19-9-4-7(5-16)3-8(13)11(9)20-6-10(17)15-12(14)18/h3-5H,2,6H2,1H3,(H3,14,15,17,18). The molecule has 8 heteroatoms. The van der Waals surface area contributed by atoms with Crippen molar-refractivity contribution in [3.63, 3.8) is 0 Å². The molecule has 0 aliphatic heterocycles. The lowest BCUT2D eigenvalue weighted by molar-refractivity contribution is -0.121. The van der Waals surface area contributed by atoms with Gasteiger partial charge in [-0.05, 0) is 35.0 Å². The van der Waals surface area contributed by atoms with Crippen molar-refractivity contribution in [1.82, 2.24) is 5.32 Å². The number of primary amides is 1. The summed E-state index contributed by atoms with van der Waals surface area (Å²) in [6, 6.07) is 2.05. The zero-order chi connectivity index (χ0) is 15.1. The van der Waals surface area contributed by atoms with E-state index in [4.69, 9.17) is 15.2 Å². The number of rotatable bonds is 6. The number of halogens is 1. The lowest BCUT2D eigenvalue weighted by Gasteiger charge is -2.13. The molecule has 1 aromatic carbocycles. The highest BCUT2D eigenvalue weighted by Crippen LogP contribution is 2.36. The van der Waals surface area contributed by atoms with Crippen LogP contribution in [0.15, 0.2) is 16.6 Å². The number of urea groups is 1. The third-order valence-corrected chi connectivity index (χ3v) is 2.67. The summed E-state index contributed by atoms with van der Waals surface area (Å²) in [5, 5.41) is 1.87. The molecule has 1 aromatic rings. The minimum atomic E-state index is -0.959. The first kappa shape index (κ1) is 16.0. The zero-order valence-electron chi connectivity index (χ0n) is 10.6. The molecule has 0 bridgehead atoms. The van der Waals surface area contributed by atoms with Gasteiger partial charge in [-0.25, -0.2) is 4.79 Å². The molecular formula is C12H13BrN2O5. The van der Waals surface area contributed by atoms with Crippen molar-refractivity contribution >= 4 is 34.2 Å². The van der Waals surface area contributed by atoms with Gasteiger partial charge in [-0.15, -0.1) is 0 Å². The summed E-state index contributed by atoms with van der Waals surface area (Å²) in [6.45, 7) is 1.71. The Kier molecular flexibility index (Phi) is 5.98. The number of benzene rings is 1. The number of amides is 3. The molecule has 0 saturated carbocycles. The molecule has 0 aliphatic carbocycles. The monoisotopic (exact) mass is 344 g/mol. The van der Waals surface area contributed by atoms with E-state index in [2.05, 4.69) is 15.9 Å². The highest BCUT2D eigenvalue weighted by molar-refractivity contribution is 9.10. The van der Waals surface area contributed by atoms with Crippen molar-refractivity contribution < 1.29 is 23.9 Å². The van der Waals surface area contributed by atoms with Gasteiger partial charge < -0.3 is 15.2 Å². The molecule has 3 amide bonds. The Labute approximate surface area is 123 Å². The Hall–Kier alpha value is -2.09. The van der Waals surface area contributed by atoms with Crippen molar-refractivity contribution in [1.29, 1.82) is 0 Å². The van der Waals surface area contributed by atoms with Gasteiger partial charge in [0.2, 0.25) is 0 Å². The van der Waals surface area contributed by atoms with Gasteiger partial charge in [0.05, 0.1) is 11.1 Å². The summed E-state index contributed by atoms with van der Waals surface area (Å²) >= 11 is 3.22. The number of nitrogens with two attached hydrogens (primary N) is 1. The summed E-state index contributed by atoms with van der Waals surface area (Å²) in [5.74, 6) is -0.112. The van der Waals surface area contributed by atoms with E-state index in [-0.39, 0.29) is 5.75 Å². The summed E-state index contributed by atoms with van der Waals surface area (Å²) in [5.41, 5.74) is 5.21. The normalized spacial score (nSPS) is 9.70. The molecule has 1 rings (SSSR count). The third-order valence-electron chi connectivity index (χ3n) is 2.08. The predicted molar refractivity (Wildman–Crippen MR) is 73.9 cm³/mol. The molecule has 0 fully saturated rings. The second kappa shape index (κ2) is 7.49. The molecule has 0 heterocycles. The number of hydrogen-bond donors (Lipinski definition) is 2. The molecule has 0 atom stereocenters. The quantitative estimate of drug-likeness (QED) is 0.754. The molecule has 3 N–H and O–H groups in total. The van der Waals surface area contributed by atoms with E-state index in [0.29, 0.717) is 28.7 Å². The maximum absolute atomic E-state index is 11.3. The summed E-state index contributed by atoms with van der Waals surface area (Å²) in [7, 11) is 0. The van der Waals surface area contributed by atoms with E-state index in [1.54, 1.807) is 6.92 Å². The minimum Gasteiger partial charge on any atom is -0.490 e. The minimum absolute atomic E-state index is 0.261. The fraction of sp³-hybridized carbons (Fsp3) is 0.250. The van der Waals surface area contributed by atoms with E-state index < -0.39 is 18.5 Å². The Bertz CT molecular complexity index is 533. The van der Waals surface area contributed by atoms with Crippen molar-refractivity contribution in [2.45, 2.75) is 6.92 Å². The molecule has 0 aromatic heterocycles. The largest absolute Gasteiger partial charge is 0.490 e. The van der Waals surface area contributed by atoms with Crippen LogP contribution in [0, 0.1) is 0 Å². The maximum atomic E-state index is 11.3. The van der Waals surface area contributed by atoms with Crippen molar-refractivity contribution in [3.05, 3.63) is 22.2 Å². The maximum Gasteiger partial charge on any atom is 0.318 e. The number of hydrogen-bond acceptors (Lipinski definition) is 5. The fourth-order valence-electron chi connectivity index (χ4n) is 1.37. The van der Waals surface area contributed by atoms with Crippen LogP contribution in [-0.4, -0.2) is 31.4 Å². The van der Waals surface area contributed by atoms with Crippen molar-refractivity contribution in [3.8, 4) is 11.5 Å². The zero-order valence-corrected chi connectivity index (χ0v) is 12.2. The van der Waals surface area contributed by atoms with Crippen LogP contribution in [-0.2, 0) is 4.79 Å². The van der Waals surface area contributed by atoms with Gasteiger partial charge in [0.1, 0.15) is 6.29 Å². The topological polar surface area (TPSA) is 108 Å². The lowest BCUT2D eigenvalue weighted by Crippen LogP contribution is -2.38. The molecule has 0 radical (unpaired) electrons. The number of carbonyl (C=O) groups is 3. The van der Waals surface area contributed by atoms with Crippen LogP contribution in [0.2, 0.25) is 0 Å². The average molecular weight is 345 g/mol. The van der Waals surface area contributed by atoms with Gasteiger partial charge in [0, 0.05) is 5.56 Å². The van der Waals surface area contributed by atoms with E-state index in [0.717, 1.165) is 0 Å². The smallest absolute Gasteiger partial charge is 0.318 e. The number of nitrogens with one attached hydrogen (secondary N) is 1. The van der Waals surface area contributed by atoms with Crippen LogP contribution < -0.4 is 20.5 Å². The average Bonchev–Trinajstić information content (AvgIpc) is 2.36. The van der Waals surface area contributed by atoms with Crippen LogP contribution >= 0.6 is 15.9 Å². The summed E-state index contributed by atoms with van der Waals surface area (Å²) in [6.07, 6.45) is 0.664. The van der Waals surface area contributed by atoms with E-state index in [1.165, 1.54) is 12.1 Å². The van der Waals surface area contributed by atoms with Crippen LogP contribution in [0.4, 0.5) is 4.79 Å². The Morgan fingerprint density at radius 2 is 2.10 bits per heavy atom.